The van der Waals surface area contributed by atoms with Gasteiger partial charge in [-0.15, -0.1) is 0 Å². The molecular formula is C16H20F4O. The third-order valence-corrected chi connectivity index (χ3v) is 4.44. The molecule has 118 valence electrons. The molecule has 5 heteroatoms. The molecule has 1 fully saturated rings. The van der Waals surface area contributed by atoms with Gasteiger partial charge in [0.2, 0.25) is 0 Å². The second-order valence-electron chi connectivity index (χ2n) is 5.60. The second-order valence-corrected chi connectivity index (χ2v) is 5.60. The second kappa shape index (κ2) is 5.85. The Morgan fingerprint density at radius 2 is 1.90 bits per heavy atom. The number of hydrogen-bond donors (Lipinski definition) is 0. The summed E-state index contributed by atoms with van der Waals surface area (Å²) in [4.78, 5) is 0. The van der Waals surface area contributed by atoms with Crippen molar-refractivity contribution in [2.45, 2.75) is 50.4 Å². The molecule has 0 amide bonds. The average molecular weight is 304 g/mol. The van der Waals surface area contributed by atoms with Gasteiger partial charge in [-0.2, -0.15) is 17.6 Å². The van der Waals surface area contributed by atoms with Crippen molar-refractivity contribution >= 4 is 0 Å². The third-order valence-electron chi connectivity index (χ3n) is 4.44. The Morgan fingerprint density at radius 1 is 1.19 bits per heavy atom. The highest BCUT2D eigenvalue weighted by molar-refractivity contribution is 5.32. The molecule has 21 heavy (non-hydrogen) atoms. The van der Waals surface area contributed by atoms with Crippen LogP contribution in [-0.2, 0) is 0 Å². The normalized spacial score (nSPS) is 23.3. The van der Waals surface area contributed by atoms with E-state index in [1.807, 2.05) is 0 Å². The number of hydrogen-bond acceptors (Lipinski definition) is 1. The molecule has 1 aliphatic carbocycles. The maximum absolute atomic E-state index is 14.2. The molecule has 1 aliphatic rings. The van der Waals surface area contributed by atoms with Crippen LogP contribution in [0.3, 0.4) is 0 Å². The van der Waals surface area contributed by atoms with E-state index >= 15 is 0 Å². The van der Waals surface area contributed by atoms with E-state index in [-0.39, 0.29) is 6.42 Å². The summed E-state index contributed by atoms with van der Waals surface area (Å²) >= 11 is 0. The van der Waals surface area contributed by atoms with Gasteiger partial charge < -0.3 is 4.74 Å². The first kappa shape index (κ1) is 16.1. The summed E-state index contributed by atoms with van der Waals surface area (Å²) in [6, 6.07) is 6.81. The minimum Gasteiger partial charge on any atom is -0.497 e. The Kier molecular flexibility index (Phi) is 4.49. The van der Waals surface area contributed by atoms with E-state index in [0.717, 1.165) is 6.92 Å². The molecule has 1 nitrogen and oxygen atoms in total. The van der Waals surface area contributed by atoms with Crippen molar-refractivity contribution in [3.63, 3.8) is 0 Å². The van der Waals surface area contributed by atoms with Crippen molar-refractivity contribution in [3.05, 3.63) is 29.8 Å². The third kappa shape index (κ3) is 2.87. The predicted molar refractivity (Wildman–Crippen MR) is 73.3 cm³/mol. The van der Waals surface area contributed by atoms with Crippen LogP contribution in [0.1, 0.15) is 44.1 Å². The lowest BCUT2D eigenvalue weighted by Gasteiger charge is -2.34. The lowest BCUT2D eigenvalue weighted by atomic mass is 9.81. The highest BCUT2D eigenvalue weighted by Crippen LogP contribution is 2.53. The molecule has 0 saturated heterocycles. The molecular weight excluding hydrogens is 284 g/mol. The number of ether oxygens (including phenoxy) is 1. The van der Waals surface area contributed by atoms with Crippen LogP contribution < -0.4 is 4.74 Å². The first-order valence-electron chi connectivity index (χ1n) is 7.23. The SMILES string of the molecule is CCC(F)(F)C(F)(F)[C@H]1CCC[C@@H]1c1cccc(OC)c1. The zero-order valence-corrected chi connectivity index (χ0v) is 12.2. The Labute approximate surface area is 122 Å². The zero-order chi connectivity index (χ0) is 15.7. The molecule has 0 unspecified atom stereocenters. The van der Waals surface area contributed by atoms with E-state index < -0.39 is 30.1 Å². The summed E-state index contributed by atoms with van der Waals surface area (Å²) in [7, 11) is 1.49. The first-order chi connectivity index (χ1) is 9.83. The summed E-state index contributed by atoms with van der Waals surface area (Å²) in [5.74, 6) is -9.25. The summed E-state index contributed by atoms with van der Waals surface area (Å²) in [5, 5.41) is 0. The van der Waals surface area contributed by atoms with Gasteiger partial charge in [0.05, 0.1) is 7.11 Å². The Balaban J connectivity index is 2.32. The number of rotatable bonds is 5. The van der Waals surface area contributed by atoms with E-state index in [2.05, 4.69) is 0 Å². The average Bonchev–Trinajstić information content (AvgIpc) is 2.97. The maximum Gasteiger partial charge on any atom is 0.313 e. The highest BCUT2D eigenvalue weighted by atomic mass is 19.3. The fourth-order valence-corrected chi connectivity index (χ4v) is 3.17. The quantitative estimate of drug-likeness (QED) is 0.674. The fourth-order valence-electron chi connectivity index (χ4n) is 3.17. The number of alkyl halides is 4. The number of halogens is 4. The molecule has 1 aromatic carbocycles. The Hall–Kier alpha value is -1.26. The summed E-state index contributed by atoms with van der Waals surface area (Å²) < 4.78 is 60.9. The topological polar surface area (TPSA) is 9.23 Å². The van der Waals surface area contributed by atoms with Crippen LogP contribution in [0.5, 0.6) is 5.75 Å². The van der Waals surface area contributed by atoms with E-state index in [0.29, 0.717) is 24.2 Å². The minimum absolute atomic E-state index is 0.129. The lowest BCUT2D eigenvalue weighted by Crippen LogP contribution is -2.46. The van der Waals surface area contributed by atoms with Crippen LogP contribution in [0.2, 0.25) is 0 Å². The van der Waals surface area contributed by atoms with Gasteiger partial charge >= 0.3 is 11.8 Å². The summed E-state index contributed by atoms with van der Waals surface area (Å²) in [6.07, 6.45) is 0.334. The van der Waals surface area contributed by atoms with Crippen molar-refractivity contribution in [2.75, 3.05) is 7.11 Å². The van der Waals surface area contributed by atoms with Crippen molar-refractivity contribution in [1.29, 1.82) is 0 Å². The van der Waals surface area contributed by atoms with Crippen LogP contribution in [0.15, 0.2) is 24.3 Å². The van der Waals surface area contributed by atoms with Crippen LogP contribution >= 0.6 is 0 Å². The number of methoxy groups -OCH3 is 1. The Morgan fingerprint density at radius 3 is 2.52 bits per heavy atom. The van der Waals surface area contributed by atoms with E-state index in [1.54, 1.807) is 24.3 Å². The van der Waals surface area contributed by atoms with Crippen LogP contribution in [0.25, 0.3) is 0 Å². The number of benzene rings is 1. The molecule has 2 atom stereocenters. The molecule has 1 aromatic rings. The molecule has 0 spiro atoms. The van der Waals surface area contributed by atoms with Crippen LogP contribution in [-0.4, -0.2) is 19.0 Å². The molecule has 0 N–H and O–H groups in total. The van der Waals surface area contributed by atoms with Gasteiger partial charge in [0.1, 0.15) is 5.75 Å². The standard InChI is InChI=1S/C16H20F4O/c1-3-15(17,18)16(19,20)14-9-5-8-13(14)11-6-4-7-12(10-11)21-2/h4,6-7,10,13-14H,3,5,8-9H2,1-2H3/t13-,14+/m1/s1. The molecule has 0 heterocycles. The van der Waals surface area contributed by atoms with Gasteiger partial charge in [-0.3, -0.25) is 0 Å². The van der Waals surface area contributed by atoms with Gasteiger partial charge in [0.25, 0.3) is 0 Å². The van der Waals surface area contributed by atoms with Gasteiger partial charge in [0, 0.05) is 12.3 Å². The smallest absolute Gasteiger partial charge is 0.313 e. The van der Waals surface area contributed by atoms with Crippen molar-refractivity contribution in [3.8, 4) is 5.75 Å². The van der Waals surface area contributed by atoms with Gasteiger partial charge in [0.15, 0.2) is 0 Å². The van der Waals surface area contributed by atoms with E-state index in [9.17, 15) is 17.6 Å². The fraction of sp³-hybridized carbons (Fsp3) is 0.625. The van der Waals surface area contributed by atoms with E-state index in [1.165, 1.54) is 7.11 Å². The van der Waals surface area contributed by atoms with Crippen molar-refractivity contribution in [2.24, 2.45) is 5.92 Å². The lowest BCUT2D eigenvalue weighted by molar-refractivity contribution is -0.238. The van der Waals surface area contributed by atoms with Crippen LogP contribution in [0, 0.1) is 5.92 Å². The largest absolute Gasteiger partial charge is 0.497 e. The molecule has 2 rings (SSSR count). The van der Waals surface area contributed by atoms with Crippen LogP contribution in [0.4, 0.5) is 17.6 Å². The summed E-state index contributed by atoms with van der Waals surface area (Å²) in [6.45, 7) is 1.10. The molecule has 1 saturated carbocycles. The zero-order valence-electron chi connectivity index (χ0n) is 12.2. The van der Waals surface area contributed by atoms with Crippen molar-refractivity contribution < 1.29 is 22.3 Å². The van der Waals surface area contributed by atoms with Gasteiger partial charge in [-0.1, -0.05) is 25.5 Å². The molecule has 0 aliphatic heterocycles. The molecule has 0 radical (unpaired) electrons. The summed E-state index contributed by atoms with van der Waals surface area (Å²) in [5.41, 5.74) is 0.656. The minimum atomic E-state index is -3.98. The molecule has 0 aromatic heterocycles. The maximum atomic E-state index is 14.2. The monoisotopic (exact) mass is 304 g/mol. The van der Waals surface area contributed by atoms with E-state index in [4.69, 9.17) is 4.74 Å². The molecule has 0 bridgehead atoms. The Bertz CT molecular complexity index is 487. The first-order valence-corrected chi connectivity index (χ1v) is 7.23. The highest BCUT2D eigenvalue weighted by Gasteiger charge is 2.61. The van der Waals surface area contributed by atoms with Gasteiger partial charge in [-0.25, -0.2) is 0 Å². The van der Waals surface area contributed by atoms with Gasteiger partial charge in [-0.05, 0) is 36.5 Å². The van der Waals surface area contributed by atoms with Crippen molar-refractivity contribution in [1.82, 2.24) is 0 Å². The predicted octanol–water partition coefficient (Wildman–Crippen LogP) is 5.26.